The largest absolute Gasteiger partial charge is 0.493 e. The van der Waals surface area contributed by atoms with E-state index in [2.05, 4.69) is 34.7 Å². The van der Waals surface area contributed by atoms with E-state index in [0.29, 0.717) is 28.2 Å². The minimum absolute atomic E-state index is 0.189. The number of aromatic carboxylic acids is 1. The molecule has 0 radical (unpaired) electrons. The summed E-state index contributed by atoms with van der Waals surface area (Å²) in [4.78, 5) is 31.8. The summed E-state index contributed by atoms with van der Waals surface area (Å²) in [6.07, 6.45) is 1.83. The van der Waals surface area contributed by atoms with E-state index < -0.39 is 5.97 Å². The van der Waals surface area contributed by atoms with E-state index in [-0.39, 0.29) is 18.0 Å². The van der Waals surface area contributed by atoms with Crippen LogP contribution in [0.5, 0.6) is 11.5 Å². The molecule has 4 aromatic carbocycles. The maximum Gasteiger partial charge on any atom is 0.335 e. The Hall–Kier alpha value is -4.09. The van der Waals surface area contributed by atoms with Crippen LogP contribution in [0.15, 0.2) is 101 Å². The molecule has 0 atom stereocenters. The molecule has 1 aliphatic rings. The quantitative estimate of drug-likeness (QED) is 0.143. The number of aliphatic imine (C=N–C) groups is 1. The van der Waals surface area contributed by atoms with Gasteiger partial charge in [0.2, 0.25) is 0 Å². The predicted octanol–water partition coefficient (Wildman–Crippen LogP) is 7.69. The lowest BCUT2D eigenvalue weighted by Crippen LogP contribution is -2.28. The number of carbonyl (C=O) groups excluding carboxylic acids is 1. The maximum atomic E-state index is 13.7. The average molecular weight is 691 g/mol. The Balaban J connectivity index is 1.43. The highest BCUT2D eigenvalue weighted by Gasteiger charge is 2.33. The van der Waals surface area contributed by atoms with Gasteiger partial charge in [-0.25, -0.2) is 9.79 Å². The number of carbonyl (C=O) groups is 2. The third kappa shape index (κ3) is 7.03. The summed E-state index contributed by atoms with van der Waals surface area (Å²) in [5.41, 5.74) is 4.75. The van der Waals surface area contributed by atoms with Crippen molar-refractivity contribution in [3.8, 4) is 11.5 Å². The number of aryl methyl sites for hydroxylation is 1. The molecule has 1 heterocycles. The van der Waals surface area contributed by atoms with E-state index in [9.17, 15) is 14.7 Å². The van der Waals surface area contributed by atoms with Gasteiger partial charge in [-0.3, -0.25) is 9.69 Å². The smallest absolute Gasteiger partial charge is 0.335 e. The Bertz CT molecular complexity index is 1670. The molecule has 1 fully saturated rings. The van der Waals surface area contributed by atoms with Crippen molar-refractivity contribution in [2.24, 2.45) is 4.99 Å². The molecule has 0 aliphatic carbocycles. The summed E-state index contributed by atoms with van der Waals surface area (Å²) in [7, 11) is 1.60. The molecule has 4 aromatic rings. The normalized spacial score (nSPS) is 14.9. The van der Waals surface area contributed by atoms with Gasteiger partial charge in [0.1, 0.15) is 6.61 Å². The number of hydrogen-bond donors (Lipinski definition) is 1. The van der Waals surface area contributed by atoms with Gasteiger partial charge in [0.05, 0.1) is 33.4 Å². The van der Waals surface area contributed by atoms with E-state index in [4.69, 9.17) is 14.5 Å². The first-order chi connectivity index (χ1) is 20.3. The van der Waals surface area contributed by atoms with Crippen LogP contribution in [0.1, 0.15) is 32.6 Å². The van der Waals surface area contributed by atoms with Crippen molar-refractivity contribution in [1.29, 1.82) is 0 Å². The molecule has 0 unspecified atom stereocenters. The lowest BCUT2D eigenvalue weighted by atomic mass is 10.1. The summed E-state index contributed by atoms with van der Waals surface area (Å²) in [5.74, 6) is 0.0297. The average Bonchev–Trinajstić information content (AvgIpc) is 3.26. The van der Waals surface area contributed by atoms with E-state index in [1.807, 2.05) is 67.6 Å². The molecule has 1 amide bonds. The first-order valence-electron chi connectivity index (χ1n) is 13.0. The second-order valence-electron chi connectivity index (χ2n) is 9.54. The Morgan fingerprint density at radius 2 is 1.69 bits per heavy atom. The fourth-order valence-corrected chi connectivity index (χ4v) is 6.01. The number of carboxylic acid groups (broad SMARTS) is 1. The van der Waals surface area contributed by atoms with Crippen molar-refractivity contribution in [3.63, 3.8) is 0 Å². The first-order valence-corrected chi connectivity index (χ1v) is 14.9. The summed E-state index contributed by atoms with van der Waals surface area (Å²) in [6, 6.07) is 27.9. The standard InChI is InChI=1S/C33H27IN2O5S/c1-21-8-10-23(11-9-21)20-41-30-27(34)16-24(17-28(30)40-2)18-29-31(37)36(19-22-12-14-25(15-13-22)32(38)39)33(42-29)35-26-6-4-3-5-7-26/h3-18H,19-20H2,1-2H3,(H,38,39)/b29-18-,35-33?. The lowest BCUT2D eigenvalue weighted by Gasteiger charge is -2.16. The molecular formula is C33H27IN2O5S. The van der Waals surface area contributed by atoms with Crippen molar-refractivity contribution in [2.45, 2.75) is 20.1 Å². The first kappa shape index (κ1) is 29.4. The summed E-state index contributed by atoms with van der Waals surface area (Å²) < 4.78 is 12.7. The van der Waals surface area contributed by atoms with Crippen LogP contribution in [0, 0.1) is 10.5 Å². The van der Waals surface area contributed by atoms with Crippen molar-refractivity contribution in [2.75, 3.05) is 7.11 Å². The Kier molecular flexibility index (Phi) is 9.28. The van der Waals surface area contributed by atoms with Crippen molar-refractivity contribution >= 4 is 63.2 Å². The van der Waals surface area contributed by atoms with Crippen LogP contribution in [0.25, 0.3) is 6.08 Å². The van der Waals surface area contributed by atoms with Crippen molar-refractivity contribution < 1.29 is 24.2 Å². The zero-order chi connectivity index (χ0) is 29.6. The predicted molar refractivity (Wildman–Crippen MR) is 174 cm³/mol. The molecular weight excluding hydrogens is 663 g/mol. The number of para-hydroxylation sites is 1. The molecule has 1 N–H and O–H groups in total. The van der Waals surface area contributed by atoms with Gasteiger partial charge in [0.25, 0.3) is 5.91 Å². The van der Waals surface area contributed by atoms with Gasteiger partial charge in [-0.1, -0.05) is 60.2 Å². The Labute approximate surface area is 262 Å². The Morgan fingerprint density at radius 3 is 2.36 bits per heavy atom. The number of benzene rings is 4. The molecule has 1 saturated heterocycles. The van der Waals surface area contributed by atoms with Gasteiger partial charge < -0.3 is 14.6 Å². The molecule has 7 nitrogen and oxygen atoms in total. The van der Waals surface area contributed by atoms with Crippen molar-refractivity contribution in [3.05, 3.63) is 127 Å². The van der Waals surface area contributed by atoms with Crippen LogP contribution in [0.2, 0.25) is 0 Å². The third-order valence-electron chi connectivity index (χ3n) is 6.46. The van der Waals surface area contributed by atoms with Crippen LogP contribution >= 0.6 is 34.4 Å². The van der Waals surface area contributed by atoms with E-state index in [1.54, 1.807) is 24.1 Å². The molecule has 0 bridgehead atoms. The van der Waals surface area contributed by atoms with Gasteiger partial charge in [-0.05, 0) is 100 Å². The Morgan fingerprint density at radius 1 is 1.00 bits per heavy atom. The molecule has 42 heavy (non-hydrogen) atoms. The molecule has 0 aromatic heterocycles. The lowest BCUT2D eigenvalue weighted by molar-refractivity contribution is -0.122. The van der Waals surface area contributed by atoms with Gasteiger partial charge >= 0.3 is 5.97 Å². The summed E-state index contributed by atoms with van der Waals surface area (Å²) >= 11 is 3.51. The molecule has 1 aliphatic heterocycles. The molecule has 0 saturated carbocycles. The second-order valence-corrected chi connectivity index (χ2v) is 11.7. The summed E-state index contributed by atoms with van der Waals surface area (Å²) in [6.45, 7) is 2.70. The zero-order valence-electron chi connectivity index (χ0n) is 22.9. The number of hydrogen-bond acceptors (Lipinski definition) is 6. The van der Waals surface area contributed by atoms with Gasteiger partial charge in [-0.2, -0.15) is 0 Å². The van der Waals surface area contributed by atoms with Crippen LogP contribution < -0.4 is 9.47 Å². The number of halogens is 1. The highest BCUT2D eigenvalue weighted by atomic mass is 127. The number of methoxy groups -OCH3 is 1. The molecule has 5 rings (SSSR count). The van der Waals surface area contributed by atoms with Crippen molar-refractivity contribution in [1.82, 2.24) is 4.90 Å². The van der Waals surface area contributed by atoms with Gasteiger partial charge in [0.15, 0.2) is 16.7 Å². The number of ether oxygens (including phenoxy) is 2. The number of carboxylic acids is 1. The van der Waals surface area contributed by atoms with Gasteiger partial charge in [-0.15, -0.1) is 0 Å². The number of amidine groups is 1. The van der Waals surface area contributed by atoms with E-state index >= 15 is 0 Å². The number of rotatable bonds is 9. The molecule has 9 heteroatoms. The number of amides is 1. The van der Waals surface area contributed by atoms with Crippen LogP contribution in [-0.4, -0.2) is 34.2 Å². The fourth-order valence-electron chi connectivity index (χ4n) is 4.23. The van der Waals surface area contributed by atoms with Crippen LogP contribution in [0.3, 0.4) is 0 Å². The van der Waals surface area contributed by atoms with E-state index in [0.717, 1.165) is 25.9 Å². The molecule has 0 spiro atoms. The fraction of sp³-hybridized carbons (Fsp3) is 0.121. The second kappa shape index (κ2) is 13.3. The number of nitrogens with zero attached hydrogens (tertiary/aromatic N) is 2. The van der Waals surface area contributed by atoms with Gasteiger partial charge in [0, 0.05) is 0 Å². The third-order valence-corrected chi connectivity index (χ3v) is 8.27. The highest BCUT2D eigenvalue weighted by molar-refractivity contribution is 14.1. The number of thioether (sulfide) groups is 1. The maximum absolute atomic E-state index is 13.7. The molecule has 212 valence electrons. The van der Waals surface area contributed by atoms with E-state index in [1.165, 1.54) is 29.5 Å². The highest BCUT2D eigenvalue weighted by Crippen LogP contribution is 2.39. The topological polar surface area (TPSA) is 88.4 Å². The van der Waals surface area contributed by atoms with Crippen LogP contribution in [0.4, 0.5) is 5.69 Å². The SMILES string of the molecule is COc1cc(/C=C2\SC(=Nc3ccccc3)N(Cc3ccc(C(=O)O)cc3)C2=O)cc(I)c1OCc1ccc(C)cc1. The monoisotopic (exact) mass is 690 g/mol. The summed E-state index contributed by atoms with van der Waals surface area (Å²) in [5, 5.41) is 9.78. The van der Waals surface area contributed by atoms with Crippen LogP contribution in [-0.2, 0) is 17.9 Å². The minimum Gasteiger partial charge on any atom is -0.493 e. The zero-order valence-corrected chi connectivity index (χ0v) is 25.9. The minimum atomic E-state index is -0.998.